The fraction of sp³-hybridized carbons (Fsp3) is 0.385. The number of halogens is 1. The highest BCUT2D eigenvalue weighted by Crippen LogP contribution is 2.23. The number of amides is 2. The summed E-state index contributed by atoms with van der Waals surface area (Å²) >= 11 is 7.00. The van der Waals surface area contributed by atoms with E-state index in [4.69, 9.17) is 11.6 Å². The van der Waals surface area contributed by atoms with Gasteiger partial charge >= 0.3 is 0 Å². The lowest BCUT2D eigenvalue weighted by Crippen LogP contribution is -2.42. The molecular weight excluding hydrogens is 348 g/mol. The zero-order chi connectivity index (χ0) is 16.2. The van der Waals surface area contributed by atoms with Gasteiger partial charge in [0.25, 0.3) is 5.91 Å². The third kappa shape index (κ3) is 5.19. The van der Waals surface area contributed by atoms with Crippen molar-refractivity contribution in [3.8, 4) is 0 Å². The van der Waals surface area contributed by atoms with Gasteiger partial charge in [0.2, 0.25) is 5.91 Å². The molecule has 6 nitrogen and oxygen atoms in total. The summed E-state index contributed by atoms with van der Waals surface area (Å²) in [6.07, 6.45) is 0.567. The van der Waals surface area contributed by atoms with Gasteiger partial charge in [-0.15, -0.1) is 11.8 Å². The van der Waals surface area contributed by atoms with Gasteiger partial charge in [0.1, 0.15) is 0 Å². The highest BCUT2D eigenvalue weighted by molar-refractivity contribution is 8.02. The Labute approximate surface area is 137 Å². The zero-order valence-corrected chi connectivity index (χ0v) is 13.9. The number of benzene rings is 1. The Kier molecular flexibility index (Phi) is 5.71. The molecule has 1 atom stereocenters. The van der Waals surface area contributed by atoms with Crippen LogP contribution in [0, 0.1) is 0 Å². The van der Waals surface area contributed by atoms with Crippen LogP contribution < -0.4 is 10.9 Å². The van der Waals surface area contributed by atoms with E-state index >= 15 is 0 Å². The van der Waals surface area contributed by atoms with Crippen molar-refractivity contribution in [2.75, 3.05) is 17.3 Å². The Balaban J connectivity index is 1.71. The number of carbonyl (C=O) groups is 2. The molecule has 9 heteroatoms. The number of nitrogens with one attached hydrogen (secondary N) is 2. The van der Waals surface area contributed by atoms with E-state index in [1.807, 2.05) is 0 Å². The summed E-state index contributed by atoms with van der Waals surface area (Å²) in [6.45, 7) is 0. The molecule has 1 aliphatic rings. The quantitative estimate of drug-likeness (QED) is 0.780. The summed E-state index contributed by atoms with van der Waals surface area (Å²) in [5.74, 6) is -0.432. The predicted molar refractivity (Wildman–Crippen MR) is 86.6 cm³/mol. The highest BCUT2D eigenvalue weighted by atomic mass is 35.5. The minimum absolute atomic E-state index is 0.0530. The average Bonchev–Trinajstić information content (AvgIpc) is 2.82. The first-order valence-corrected chi connectivity index (χ1v) is 9.77. The molecule has 1 aromatic carbocycles. The van der Waals surface area contributed by atoms with Crippen molar-refractivity contribution in [2.24, 2.45) is 0 Å². The molecule has 0 radical (unpaired) electrons. The summed E-state index contributed by atoms with van der Waals surface area (Å²) in [5.41, 5.74) is 4.97. The summed E-state index contributed by atoms with van der Waals surface area (Å²) < 4.78 is 22.6. The van der Waals surface area contributed by atoms with Crippen molar-refractivity contribution < 1.29 is 18.0 Å². The molecule has 22 heavy (non-hydrogen) atoms. The van der Waals surface area contributed by atoms with E-state index in [0.29, 0.717) is 17.0 Å². The molecule has 120 valence electrons. The van der Waals surface area contributed by atoms with Crippen molar-refractivity contribution >= 4 is 45.0 Å². The summed E-state index contributed by atoms with van der Waals surface area (Å²) in [6, 6.07) is 6.24. The second kappa shape index (κ2) is 7.34. The third-order valence-electron chi connectivity index (χ3n) is 3.06. The van der Waals surface area contributed by atoms with Crippen LogP contribution in [0.3, 0.4) is 0 Å². The maximum atomic E-state index is 11.8. The van der Waals surface area contributed by atoms with E-state index < -0.39 is 15.7 Å². The van der Waals surface area contributed by atoms with Gasteiger partial charge in [-0.3, -0.25) is 20.4 Å². The first-order valence-electron chi connectivity index (χ1n) is 6.52. The lowest BCUT2D eigenvalue weighted by atomic mass is 10.2. The van der Waals surface area contributed by atoms with Crippen LogP contribution in [0.5, 0.6) is 0 Å². The van der Waals surface area contributed by atoms with Crippen molar-refractivity contribution in [1.29, 1.82) is 0 Å². The summed E-state index contributed by atoms with van der Waals surface area (Å²) in [4.78, 5) is 23.4. The predicted octanol–water partition coefficient (Wildman–Crippen LogP) is 1.02. The summed E-state index contributed by atoms with van der Waals surface area (Å²) in [5, 5.41) is 0.464. The van der Waals surface area contributed by atoms with Gasteiger partial charge in [-0.1, -0.05) is 11.6 Å². The number of sulfone groups is 1. The standard InChI is InChI=1S/C13H15ClN2O4S2/c14-10-3-1-9(2-4-10)13(18)16-15-12(17)7-21-11-5-6-22(19,20)8-11/h1-4,11H,5-8H2,(H,15,17)(H,16,18)/t11-/m0/s1. The van der Waals surface area contributed by atoms with Gasteiger partial charge in [-0.25, -0.2) is 8.42 Å². The van der Waals surface area contributed by atoms with Crippen LogP contribution in [0.15, 0.2) is 24.3 Å². The molecule has 0 saturated carbocycles. The molecule has 1 saturated heterocycles. The second-order valence-electron chi connectivity index (χ2n) is 4.85. The Morgan fingerprint density at radius 2 is 1.91 bits per heavy atom. The molecule has 0 unspecified atom stereocenters. The van der Waals surface area contributed by atoms with Crippen LogP contribution in [-0.2, 0) is 14.6 Å². The van der Waals surface area contributed by atoms with Gasteiger partial charge in [0.05, 0.1) is 17.3 Å². The van der Waals surface area contributed by atoms with Gasteiger partial charge in [-0.05, 0) is 30.7 Å². The molecule has 2 amide bonds. The Bertz CT molecular complexity index is 661. The van der Waals surface area contributed by atoms with Crippen molar-refractivity contribution in [1.82, 2.24) is 10.9 Å². The maximum Gasteiger partial charge on any atom is 0.269 e. The highest BCUT2D eigenvalue weighted by Gasteiger charge is 2.28. The average molecular weight is 363 g/mol. The van der Waals surface area contributed by atoms with Crippen molar-refractivity contribution in [3.05, 3.63) is 34.9 Å². The Hall–Kier alpha value is -1.25. The second-order valence-corrected chi connectivity index (χ2v) is 8.80. The zero-order valence-electron chi connectivity index (χ0n) is 11.5. The molecule has 0 bridgehead atoms. The van der Waals surface area contributed by atoms with Gasteiger partial charge < -0.3 is 0 Å². The Morgan fingerprint density at radius 1 is 1.23 bits per heavy atom. The third-order valence-corrected chi connectivity index (χ3v) is 6.60. The van der Waals surface area contributed by atoms with E-state index in [9.17, 15) is 18.0 Å². The van der Waals surface area contributed by atoms with E-state index in [2.05, 4.69) is 10.9 Å². The van der Waals surface area contributed by atoms with E-state index in [1.165, 1.54) is 11.8 Å². The largest absolute Gasteiger partial charge is 0.272 e. The number of thioether (sulfide) groups is 1. The monoisotopic (exact) mass is 362 g/mol. The van der Waals surface area contributed by atoms with Gasteiger partial charge in [0, 0.05) is 15.8 Å². The van der Waals surface area contributed by atoms with Gasteiger partial charge in [-0.2, -0.15) is 0 Å². The molecule has 1 fully saturated rings. The SMILES string of the molecule is O=C(CS[C@H]1CCS(=O)(=O)C1)NNC(=O)c1ccc(Cl)cc1. The molecule has 0 aromatic heterocycles. The van der Waals surface area contributed by atoms with Crippen LogP contribution in [-0.4, -0.2) is 42.7 Å². The molecular formula is C13H15ClN2O4S2. The number of hydrazine groups is 1. The molecule has 2 N–H and O–H groups in total. The minimum Gasteiger partial charge on any atom is -0.272 e. The normalized spacial score (nSPS) is 19.6. The van der Waals surface area contributed by atoms with E-state index in [0.717, 1.165) is 0 Å². The maximum absolute atomic E-state index is 11.8. The van der Waals surface area contributed by atoms with Crippen LogP contribution in [0.4, 0.5) is 0 Å². The Morgan fingerprint density at radius 3 is 2.50 bits per heavy atom. The molecule has 0 spiro atoms. The van der Waals surface area contributed by atoms with E-state index in [1.54, 1.807) is 24.3 Å². The van der Waals surface area contributed by atoms with Crippen LogP contribution >= 0.6 is 23.4 Å². The number of rotatable bonds is 4. The van der Waals surface area contributed by atoms with Crippen LogP contribution in [0.25, 0.3) is 0 Å². The van der Waals surface area contributed by atoms with Crippen molar-refractivity contribution in [3.63, 3.8) is 0 Å². The van der Waals surface area contributed by atoms with Crippen LogP contribution in [0.2, 0.25) is 5.02 Å². The summed E-state index contributed by atoms with van der Waals surface area (Å²) in [7, 11) is -2.94. The van der Waals surface area contributed by atoms with E-state index in [-0.39, 0.29) is 28.4 Å². The molecule has 1 aromatic rings. The molecule has 1 aliphatic heterocycles. The topological polar surface area (TPSA) is 92.3 Å². The molecule has 1 heterocycles. The fourth-order valence-corrected chi connectivity index (χ4v) is 5.49. The minimum atomic E-state index is -2.94. The lowest BCUT2D eigenvalue weighted by molar-refractivity contribution is -0.119. The smallest absolute Gasteiger partial charge is 0.269 e. The van der Waals surface area contributed by atoms with Crippen molar-refractivity contribution in [2.45, 2.75) is 11.7 Å². The number of hydrogen-bond donors (Lipinski definition) is 2. The first-order chi connectivity index (χ1) is 10.4. The fourth-order valence-electron chi connectivity index (χ4n) is 1.92. The molecule has 2 rings (SSSR count). The number of hydrogen-bond acceptors (Lipinski definition) is 5. The van der Waals surface area contributed by atoms with Crippen LogP contribution in [0.1, 0.15) is 16.8 Å². The van der Waals surface area contributed by atoms with Gasteiger partial charge in [0.15, 0.2) is 9.84 Å². The first kappa shape index (κ1) is 17.1. The molecule has 0 aliphatic carbocycles. The number of carbonyl (C=O) groups excluding carboxylic acids is 2. The lowest BCUT2D eigenvalue weighted by Gasteiger charge is -2.09.